The molecule has 2 atom stereocenters. The molecule has 37 heavy (non-hydrogen) atoms. The van der Waals surface area contributed by atoms with Crippen molar-refractivity contribution in [3.8, 4) is 11.5 Å². The van der Waals surface area contributed by atoms with Crippen LogP contribution in [0.5, 0.6) is 11.5 Å². The van der Waals surface area contributed by atoms with Crippen molar-refractivity contribution in [2.75, 3.05) is 32.3 Å². The summed E-state index contributed by atoms with van der Waals surface area (Å²) in [5.41, 5.74) is 7.76. The first kappa shape index (κ1) is 26.7. The monoisotopic (exact) mass is 517 g/mol. The third-order valence-electron chi connectivity index (χ3n) is 6.71. The van der Waals surface area contributed by atoms with Gasteiger partial charge in [-0.15, -0.1) is 0 Å². The Kier molecular flexibility index (Phi) is 8.85. The molecule has 0 saturated carbocycles. The molecule has 0 heterocycles. The fraction of sp³-hybridized carbons (Fsp3) is 0.290. The van der Waals surface area contributed by atoms with Crippen LogP contribution in [0.3, 0.4) is 0 Å². The van der Waals surface area contributed by atoms with Crippen LogP contribution < -0.4 is 14.2 Å². The van der Waals surface area contributed by atoms with Gasteiger partial charge in [0.05, 0.1) is 14.2 Å². The zero-order valence-corrected chi connectivity index (χ0v) is 23.1. The van der Waals surface area contributed by atoms with Crippen molar-refractivity contribution in [3.05, 3.63) is 106 Å². The Labute approximate surface area is 224 Å². The van der Waals surface area contributed by atoms with E-state index in [-0.39, 0.29) is 12.0 Å². The van der Waals surface area contributed by atoms with Gasteiger partial charge in [-0.25, -0.2) is 0 Å². The second-order valence-corrected chi connectivity index (χ2v) is 9.64. The van der Waals surface area contributed by atoms with Gasteiger partial charge < -0.3 is 23.7 Å². The normalized spacial score (nSPS) is 17.3. The molecule has 0 amide bonds. The third kappa shape index (κ3) is 5.81. The molecular weight excluding hydrogens is 482 g/mol. The van der Waals surface area contributed by atoms with E-state index in [0.29, 0.717) is 18.1 Å². The van der Waals surface area contributed by atoms with Gasteiger partial charge in [-0.1, -0.05) is 72.1 Å². The van der Waals surface area contributed by atoms with Gasteiger partial charge in [-0.3, -0.25) is 0 Å². The van der Waals surface area contributed by atoms with Crippen molar-refractivity contribution >= 4 is 23.2 Å². The summed E-state index contributed by atoms with van der Waals surface area (Å²) < 4.78 is 27.2. The molecule has 0 saturated heterocycles. The van der Waals surface area contributed by atoms with E-state index >= 15 is 0 Å². The van der Waals surface area contributed by atoms with Gasteiger partial charge in [0.25, 0.3) is 0 Å². The van der Waals surface area contributed by atoms with Crippen molar-refractivity contribution in [3.63, 3.8) is 0 Å². The molecule has 6 heteroatoms. The fourth-order valence-corrected chi connectivity index (χ4v) is 5.25. The minimum atomic E-state index is -0.288. The van der Waals surface area contributed by atoms with Gasteiger partial charge in [0, 0.05) is 30.5 Å². The molecule has 3 aromatic carbocycles. The average molecular weight is 518 g/mol. The largest absolute Gasteiger partial charge is 0.498 e. The van der Waals surface area contributed by atoms with Crippen molar-refractivity contribution in [1.82, 2.24) is 0 Å². The lowest BCUT2D eigenvalue weighted by Gasteiger charge is -2.34. The van der Waals surface area contributed by atoms with Crippen LogP contribution in [0, 0.1) is 6.92 Å². The average Bonchev–Trinajstić information content (AvgIpc) is 2.93. The number of hydrogen-bond acceptors (Lipinski definition) is 6. The highest BCUT2D eigenvalue weighted by Crippen LogP contribution is 2.44. The van der Waals surface area contributed by atoms with Gasteiger partial charge in [-0.2, -0.15) is 0 Å². The van der Waals surface area contributed by atoms with E-state index in [1.807, 2.05) is 48.7 Å². The second kappa shape index (κ2) is 12.3. The first-order valence-electron chi connectivity index (χ1n) is 12.2. The second-order valence-electron chi connectivity index (χ2n) is 9.02. The summed E-state index contributed by atoms with van der Waals surface area (Å²) in [6, 6.07) is 22.6. The number of methoxy groups -OCH3 is 3. The maximum Gasteiger partial charge on any atom is 0.161 e. The Morgan fingerprint density at radius 1 is 0.865 bits per heavy atom. The summed E-state index contributed by atoms with van der Waals surface area (Å²) in [5.74, 6) is 2.17. The van der Waals surface area contributed by atoms with Gasteiger partial charge in [0.1, 0.15) is 18.5 Å². The fourth-order valence-electron chi connectivity index (χ4n) is 4.81. The molecule has 194 valence electrons. The molecule has 1 aliphatic carbocycles. The summed E-state index contributed by atoms with van der Waals surface area (Å²) in [6.07, 6.45) is 3.94. The lowest BCUT2D eigenvalue weighted by atomic mass is 9.79. The molecular formula is C31H35NO4S. The minimum Gasteiger partial charge on any atom is -0.498 e. The molecule has 5 nitrogen and oxygen atoms in total. The van der Waals surface area contributed by atoms with Crippen LogP contribution in [-0.2, 0) is 16.1 Å². The predicted molar refractivity (Wildman–Crippen MR) is 153 cm³/mol. The topological polar surface area (TPSA) is 49.0 Å². The smallest absolute Gasteiger partial charge is 0.161 e. The summed E-state index contributed by atoms with van der Waals surface area (Å²) in [5, 5.41) is 0. The Hall–Kier alpha value is -3.35. The van der Waals surface area contributed by atoms with Gasteiger partial charge in [0.2, 0.25) is 0 Å². The van der Waals surface area contributed by atoms with E-state index in [0.717, 1.165) is 33.7 Å². The first-order valence-corrected chi connectivity index (χ1v) is 13.5. The summed E-state index contributed by atoms with van der Waals surface area (Å²) >= 11 is 1.58. The summed E-state index contributed by atoms with van der Waals surface area (Å²) in [4.78, 5) is 0. The summed E-state index contributed by atoms with van der Waals surface area (Å²) in [6.45, 7) is 4.72. The molecule has 0 spiro atoms. The van der Waals surface area contributed by atoms with Crippen LogP contribution in [0.15, 0.2) is 84.1 Å². The number of nitrogens with one attached hydrogen (secondary N) is 1. The molecule has 0 radical (unpaired) electrons. The van der Waals surface area contributed by atoms with Crippen LogP contribution in [0.2, 0.25) is 0 Å². The molecule has 0 bridgehead atoms. The number of benzene rings is 3. The lowest BCUT2D eigenvalue weighted by Crippen LogP contribution is -2.29. The van der Waals surface area contributed by atoms with E-state index in [2.05, 4.69) is 48.9 Å². The number of aryl methyl sites for hydroxylation is 1. The van der Waals surface area contributed by atoms with Crippen LogP contribution in [0.25, 0.3) is 5.57 Å². The maximum atomic E-state index is 6.08. The number of rotatable bonds is 10. The Morgan fingerprint density at radius 2 is 1.65 bits per heavy atom. The molecule has 1 aliphatic rings. The first-order chi connectivity index (χ1) is 18.0. The van der Waals surface area contributed by atoms with E-state index in [1.165, 1.54) is 11.1 Å². The zero-order chi connectivity index (χ0) is 26.4. The molecule has 4 rings (SSSR count). The molecule has 3 aromatic rings. The highest BCUT2D eigenvalue weighted by atomic mass is 32.2. The lowest BCUT2D eigenvalue weighted by molar-refractivity contribution is 0.0664. The van der Waals surface area contributed by atoms with Crippen LogP contribution >= 0.6 is 11.9 Å². The van der Waals surface area contributed by atoms with Crippen LogP contribution in [-0.4, -0.2) is 33.7 Å². The van der Waals surface area contributed by atoms with Crippen molar-refractivity contribution < 1.29 is 18.9 Å². The highest BCUT2D eigenvalue weighted by Gasteiger charge is 2.35. The van der Waals surface area contributed by atoms with Crippen LogP contribution in [0.1, 0.15) is 35.1 Å². The van der Waals surface area contributed by atoms with Gasteiger partial charge >= 0.3 is 0 Å². The van der Waals surface area contributed by atoms with E-state index in [4.69, 9.17) is 18.9 Å². The van der Waals surface area contributed by atoms with Crippen molar-refractivity contribution in [2.24, 2.45) is 0 Å². The van der Waals surface area contributed by atoms with Crippen molar-refractivity contribution in [2.45, 2.75) is 32.5 Å². The third-order valence-corrected chi connectivity index (χ3v) is 7.13. The molecule has 1 N–H and O–H groups in total. The van der Waals surface area contributed by atoms with Crippen molar-refractivity contribution in [1.29, 1.82) is 0 Å². The Balaban J connectivity index is 1.67. The van der Waals surface area contributed by atoms with E-state index < -0.39 is 0 Å². The van der Waals surface area contributed by atoms with Gasteiger partial charge in [-0.05, 0) is 54.3 Å². The maximum absolute atomic E-state index is 6.08. The predicted octanol–water partition coefficient (Wildman–Crippen LogP) is 7.39. The number of hydrogen-bond donors (Lipinski definition) is 1. The van der Waals surface area contributed by atoms with Crippen LogP contribution in [0.4, 0.5) is 5.69 Å². The highest BCUT2D eigenvalue weighted by molar-refractivity contribution is 7.99. The minimum absolute atomic E-state index is 0.0324. The number of ether oxygens (including phenoxy) is 4. The number of anilines is 1. The standard InChI is InChI=1S/C31H35NO4S/c1-20-12-13-23(17-26(20)32-37-6)25-16-21(2)29(31(35-5)30(25)34-4)24-14-15-27(28(18-24)33-3)36-19-22-10-8-7-9-11-22/h7-18,29,31-32H,19H2,1-6H3. The van der Waals surface area contributed by atoms with E-state index in [1.54, 1.807) is 33.3 Å². The molecule has 0 fully saturated rings. The Morgan fingerprint density at radius 3 is 2.32 bits per heavy atom. The molecule has 0 aliphatic heterocycles. The zero-order valence-electron chi connectivity index (χ0n) is 22.3. The summed E-state index contributed by atoms with van der Waals surface area (Å²) in [7, 11) is 5.11. The molecule has 2 unspecified atom stereocenters. The van der Waals surface area contributed by atoms with Gasteiger partial charge in [0.15, 0.2) is 11.5 Å². The van der Waals surface area contributed by atoms with E-state index in [9.17, 15) is 0 Å². The Bertz CT molecular complexity index is 1290. The SMILES string of the molecule is COC1=C(c2ccc(C)c(NSC)c2)C=C(C)C(c2ccc(OCc3ccccc3)c(OC)c2)C1OC. The molecule has 0 aromatic heterocycles. The quantitative estimate of drug-likeness (QED) is 0.283. The number of allylic oxidation sites excluding steroid dienone is 2.